The molecule has 0 saturated carbocycles. The van der Waals surface area contributed by atoms with Gasteiger partial charge in [-0.1, -0.05) is 19.1 Å². The minimum atomic E-state index is -4.75. The van der Waals surface area contributed by atoms with Crippen LogP contribution >= 0.6 is 15.4 Å². The first-order valence-corrected chi connectivity index (χ1v) is 21.8. The predicted molar refractivity (Wildman–Crippen MR) is 225 cm³/mol. The number of carboxylic acids is 1. The Labute approximate surface area is 356 Å². The maximum Gasteiger partial charge on any atom is 0.524 e. The molecule has 0 bridgehead atoms. The zero-order valence-electron chi connectivity index (χ0n) is 35.2. The summed E-state index contributed by atoms with van der Waals surface area (Å²) in [7, 11) is -7.19. The van der Waals surface area contributed by atoms with Gasteiger partial charge >= 0.3 is 27.4 Å². The second kappa shape index (κ2) is 20.6. The first kappa shape index (κ1) is 49.2. The standard InChI is InChI=1S/C27H25FNO9P.C15H23O7P/c1-3-14-36-23-13-12-22(28)24-25(23)29(15-21(26(24)30)17-4-8-19(35-2)9-5-17)16-37-27(31)18-6-10-20(11-7-18)38-39(32,33)34;1-14(2,3)19-21-23(18,22-20-15(4,5)6)12-9-7-11(8-10-12)13(16)17/h4-13,15H,3,14,16H2,1-2H3,(H2,32,33,34);7-10H,1-6H3,(H,16,17). The summed E-state index contributed by atoms with van der Waals surface area (Å²) in [4.78, 5) is 65.2. The molecule has 0 unspecified atom stereocenters. The number of phosphoric acid groups is 1. The molecule has 20 heteroatoms. The lowest BCUT2D eigenvalue weighted by molar-refractivity contribution is -0.324. The Kier molecular flexibility index (Phi) is 16.4. The van der Waals surface area contributed by atoms with Crippen molar-refractivity contribution < 1.29 is 75.9 Å². The van der Waals surface area contributed by atoms with Gasteiger partial charge in [-0.2, -0.15) is 0 Å². The number of phosphoric ester groups is 1. The summed E-state index contributed by atoms with van der Waals surface area (Å²) in [6.07, 6.45) is 2.14. The second-order valence-corrected chi connectivity index (χ2v) is 18.2. The third-order valence-electron chi connectivity index (χ3n) is 7.85. The normalized spacial score (nSPS) is 12.0. The van der Waals surface area contributed by atoms with Crippen LogP contribution in [0.5, 0.6) is 17.2 Å². The zero-order chi connectivity index (χ0) is 46.0. The summed E-state index contributed by atoms with van der Waals surface area (Å²) in [6, 6.07) is 19.5. The fourth-order valence-corrected chi connectivity index (χ4v) is 6.83. The molecule has 0 fully saturated rings. The molecule has 0 amide bonds. The Hall–Kier alpha value is -5.42. The van der Waals surface area contributed by atoms with Crippen molar-refractivity contribution >= 4 is 43.6 Å². The van der Waals surface area contributed by atoms with Gasteiger partial charge in [0.1, 0.15) is 28.6 Å². The topological polar surface area (TPSA) is 225 Å². The minimum Gasteiger partial charge on any atom is -0.497 e. The highest BCUT2D eigenvalue weighted by Crippen LogP contribution is 2.49. The maximum atomic E-state index is 15.1. The Morgan fingerprint density at radius 3 is 1.82 bits per heavy atom. The van der Waals surface area contributed by atoms with Crippen molar-refractivity contribution in [2.45, 2.75) is 72.8 Å². The average Bonchev–Trinajstić information content (AvgIpc) is 3.21. The predicted octanol–water partition coefficient (Wildman–Crippen LogP) is 8.59. The number of fused-ring (bicyclic) bond motifs is 1. The Morgan fingerprint density at radius 2 is 1.32 bits per heavy atom. The molecule has 4 aromatic carbocycles. The van der Waals surface area contributed by atoms with Gasteiger partial charge in [-0.25, -0.2) is 32.9 Å². The van der Waals surface area contributed by atoms with E-state index in [2.05, 4.69) is 4.52 Å². The first-order chi connectivity index (χ1) is 28.9. The molecule has 17 nitrogen and oxygen atoms in total. The molecule has 1 heterocycles. The van der Waals surface area contributed by atoms with E-state index in [-0.39, 0.29) is 44.4 Å². The third-order valence-corrected chi connectivity index (χ3v) is 9.77. The molecule has 334 valence electrons. The fraction of sp³-hybridized carbons (Fsp3) is 0.310. The molecule has 0 aliphatic rings. The van der Waals surface area contributed by atoms with Crippen LogP contribution in [0, 0.1) is 5.82 Å². The van der Waals surface area contributed by atoms with Gasteiger partial charge in [0.25, 0.3) is 0 Å². The smallest absolute Gasteiger partial charge is 0.497 e. The SMILES string of the molecule is CC(C)(C)OOP(=O)(OOC(C)(C)C)c1ccc(C(=O)O)cc1.CCCOc1ccc(F)c2c(=O)c(-c3ccc(OC)cc3)cn(COC(=O)c3ccc(OP(=O)(O)O)cc3)c12. The minimum absolute atomic E-state index is 0.0498. The van der Waals surface area contributed by atoms with Crippen LogP contribution in [0.1, 0.15) is 75.6 Å². The largest absolute Gasteiger partial charge is 0.524 e. The molecular weight excluding hydrogens is 855 g/mol. The van der Waals surface area contributed by atoms with E-state index in [0.717, 1.165) is 6.07 Å². The van der Waals surface area contributed by atoms with Gasteiger partial charge in [0, 0.05) is 11.8 Å². The number of aromatic carboxylic acids is 1. The molecule has 5 aromatic rings. The molecule has 3 N–H and O–H groups in total. The number of ether oxygens (including phenoxy) is 3. The van der Waals surface area contributed by atoms with Crippen LogP contribution in [-0.4, -0.2) is 56.3 Å². The summed E-state index contributed by atoms with van der Waals surface area (Å²) in [5.74, 6) is -1.93. The van der Waals surface area contributed by atoms with E-state index < -0.39 is 56.5 Å². The average molecular weight is 904 g/mol. The third kappa shape index (κ3) is 14.1. The van der Waals surface area contributed by atoms with Gasteiger partial charge in [0.2, 0.25) is 0 Å². The van der Waals surface area contributed by atoms with E-state index in [1.165, 1.54) is 72.5 Å². The number of hydrogen-bond acceptors (Lipinski definition) is 13. The quantitative estimate of drug-likeness (QED) is 0.0365. The summed E-state index contributed by atoms with van der Waals surface area (Å²) >= 11 is 0. The number of methoxy groups -OCH3 is 1. The number of benzene rings is 4. The van der Waals surface area contributed by atoms with Gasteiger partial charge < -0.3 is 28.4 Å². The molecule has 1 aromatic heterocycles. The highest BCUT2D eigenvalue weighted by atomic mass is 31.2. The fourth-order valence-electron chi connectivity index (χ4n) is 5.08. The lowest BCUT2D eigenvalue weighted by atomic mass is 10.0. The van der Waals surface area contributed by atoms with E-state index in [0.29, 0.717) is 24.3 Å². The number of hydrogen-bond donors (Lipinski definition) is 3. The Balaban J connectivity index is 0.000000314. The number of rotatable bonds is 16. The van der Waals surface area contributed by atoms with Crippen LogP contribution in [0.15, 0.2) is 95.9 Å². The summed E-state index contributed by atoms with van der Waals surface area (Å²) in [5.41, 5.74) is -1.07. The van der Waals surface area contributed by atoms with Crippen LogP contribution in [0.4, 0.5) is 4.39 Å². The van der Waals surface area contributed by atoms with Crippen molar-refractivity contribution in [1.29, 1.82) is 0 Å². The van der Waals surface area contributed by atoms with Crippen LogP contribution in [0.2, 0.25) is 0 Å². The van der Waals surface area contributed by atoms with Crippen molar-refractivity contribution in [2.75, 3.05) is 13.7 Å². The second-order valence-electron chi connectivity index (χ2n) is 15.2. The number of carbonyl (C=O) groups excluding carboxylic acids is 1. The maximum absolute atomic E-state index is 15.1. The Bertz CT molecular complexity index is 2470. The van der Waals surface area contributed by atoms with Crippen LogP contribution in [0.25, 0.3) is 22.0 Å². The van der Waals surface area contributed by atoms with E-state index in [9.17, 15) is 23.5 Å². The lowest BCUT2D eigenvalue weighted by Crippen LogP contribution is -2.24. The number of halogens is 1. The molecule has 5 rings (SSSR count). The van der Waals surface area contributed by atoms with Crippen molar-refractivity contribution in [3.63, 3.8) is 0 Å². The lowest BCUT2D eigenvalue weighted by Gasteiger charge is -2.25. The number of nitrogens with zero attached hydrogens (tertiary/aromatic N) is 1. The molecule has 0 atom stereocenters. The van der Waals surface area contributed by atoms with Crippen LogP contribution in [0.3, 0.4) is 0 Å². The molecule has 0 aliphatic heterocycles. The Morgan fingerprint density at radius 1 is 0.774 bits per heavy atom. The number of carbonyl (C=O) groups is 2. The van der Waals surface area contributed by atoms with Gasteiger partial charge in [0.05, 0.1) is 46.7 Å². The summed E-state index contributed by atoms with van der Waals surface area (Å²) in [6.45, 7) is 12.1. The van der Waals surface area contributed by atoms with Crippen molar-refractivity contribution in [1.82, 2.24) is 4.57 Å². The zero-order valence-corrected chi connectivity index (χ0v) is 36.9. The van der Waals surface area contributed by atoms with Crippen molar-refractivity contribution in [3.05, 3.63) is 118 Å². The highest BCUT2D eigenvalue weighted by molar-refractivity contribution is 7.62. The van der Waals surface area contributed by atoms with Gasteiger partial charge in [0.15, 0.2) is 12.2 Å². The number of carboxylic acid groups (broad SMARTS) is 1. The van der Waals surface area contributed by atoms with Crippen molar-refractivity contribution in [3.8, 4) is 28.4 Å². The molecule has 0 saturated heterocycles. The van der Waals surface area contributed by atoms with Crippen LogP contribution in [-0.2, 0) is 39.7 Å². The molecule has 0 aliphatic carbocycles. The molecule has 62 heavy (non-hydrogen) atoms. The summed E-state index contributed by atoms with van der Waals surface area (Å²) < 4.78 is 71.4. The summed E-state index contributed by atoms with van der Waals surface area (Å²) in [5, 5.41) is 8.82. The van der Waals surface area contributed by atoms with Gasteiger partial charge in [-0.05, 0) is 126 Å². The van der Waals surface area contributed by atoms with E-state index in [4.69, 9.17) is 48.2 Å². The van der Waals surface area contributed by atoms with E-state index >= 15 is 4.39 Å². The van der Waals surface area contributed by atoms with Gasteiger partial charge in [-0.15, -0.1) is 9.35 Å². The molecular formula is C42H48FNO16P2. The van der Waals surface area contributed by atoms with Gasteiger partial charge in [-0.3, -0.25) is 14.6 Å². The monoisotopic (exact) mass is 903 g/mol. The van der Waals surface area contributed by atoms with E-state index in [1.807, 2.05) is 6.92 Å². The first-order valence-electron chi connectivity index (χ1n) is 18.8. The van der Waals surface area contributed by atoms with Crippen molar-refractivity contribution in [2.24, 2.45) is 0 Å². The van der Waals surface area contributed by atoms with E-state index in [1.54, 1.807) is 65.8 Å². The molecule has 0 radical (unpaired) electrons. The molecule has 0 spiro atoms. The number of pyridine rings is 1. The number of aromatic nitrogens is 1. The van der Waals surface area contributed by atoms with Crippen LogP contribution < -0.4 is 24.7 Å². The highest BCUT2D eigenvalue weighted by Gasteiger charge is 2.35. The number of esters is 1.